The van der Waals surface area contributed by atoms with Gasteiger partial charge in [0, 0.05) is 13.2 Å². The van der Waals surface area contributed by atoms with E-state index in [9.17, 15) is 9.59 Å². The van der Waals surface area contributed by atoms with Crippen LogP contribution in [0, 0.1) is 11.8 Å². The third kappa shape index (κ3) is 1.77. The number of nitrogens with two attached hydrogens (primary N) is 1. The lowest BCUT2D eigenvalue weighted by atomic mass is 10.3. The number of hydrogen-bond donors (Lipinski definition) is 1. The molecule has 0 aromatic carbocycles. The van der Waals surface area contributed by atoms with Gasteiger partial charge in [-0.3, -0.25) is 14.5 Å². The summed E-state index contributed by atoms with van der Waals surface area (Å²) in [7, 11) is 0. The predicted molar refractivity (Wildman–Crippen MR) is 52.8 cm³/mol. The molecule has 1 aliphatic heterocycles. The molecule has 0 radical (unpaired) electrons. The van der Waals surface area contributed by atoms with Gasteiger partial charge in [0.05, 0.1) is 24.5 Å². The molecule has 0 spiro atoms. The van der Waals surface area contributed by atoms with Gasteiger partial charge in [0.25, 0.3) is 0 Å². The van der Waals surface area contributed by atoms with Gasteiger partial charge in [0.2, 0.25) is 11.8 Å². The van der Waals surface area contributed by atoms with Crippen molar-refractivity contribution >= 4 is 11.8 Å². The summed E-state index contributed by atoms with van der Waals surface area (Å²) in [5.74, 6) is -0.138. The highest BCUT2D eigenvalue weighted by molar-refractivity contribution is 6.08. The summed E-state index contributed by atoms with van der Waals surface area (Å²) < 4.78 is 5.33. The van der Waals surface area contributed by atoms with Gasteiger partial charge in [0.1, 0.15) is 0 Å². The standard InChI is InChI=1S/C10H16N2O3/c1-2-15-6(4-11)5-12-9(13)7-3-8(7)10(12)14/h6-8H,2-5,11H2,1H3. The van der Waals surface area contributed by atoms with E-state index in [2.05, 4.69) is 0 Å². The first-order valence-corrected chi connectivity index (χ1v) is 5.36. The van der Waals surface area contributed by atoms with Gasteiger partial charge in [-0.1, -0.05) is 0 Å². The summed E-state index contributed by atoms with van der Waals surface area (Å²) in [6.07, 6.45) is 0.524. The Labute approximate surface area is 88.5 Å². The molecule has 1 saturated heterocycles. The van der Waals surface area contributed by atoms with Gasteiger partial charge in [-0.2, -0.15) is 0 Å². The van der Waals surface area contributed by atoms with Crippen molar-refractivity contribution in [3.05, 3.63) is 0 Å². The quantitative estimate of drug-likeness (QED) is 0.615. The van der Waals surface area contributed by atoms with Crippen molar-refractivity contribution in [1.29, 1.82) is 0 Å². The summed E-state index contributed by atoms with van der Waals surface area (Å²) >= 11 is 0. The van der Waals surface area contributed by atoms with E-state index in [-0.39, 0.29) is 29.8 Å². The molecule has 5 heteroatoms. The van der Waals surface area contributed by atoms with Crippen molar-refractivity contribution < 1.29 is 14.3 Å². The summed E-state index contributed by atoms with van der Waals surface area (Å²) in [4.78, 5) is 24.6. The van der Waals surface area contributed by atoms with E-state index >= 15 is 0 Å². The number of likely N-dealkylation sites (tertiary alicyclic amines) is 1. The molecule has 1 heterocycles. The predicted octanol–water partition coefficient (Wildman–Crippen LogP) is -0.645. The molecule has 0 aromatic heterocycles. The number of fused-ring (bicyclic) bond motifs is 1. The minimum absolute atomic E-state index is 0.0300. The van der Waals surface area contributed by atoms with Crippen LogP contribution in [-0.4, -0.2) is 42.5 Å². The third-order valence-corrected chi connectivity index (χ3v) is 3.01. The topological polar surface area (TPSA) is 72.6 Å². The molecule has 5 nitrogen and oxygen atoms in total. The van der Waals surface area contributed by atoms with Gasteiger partial charge >= 0.3 is 0 Å². The molecular formula is C10H16N2O3. The Bertz CT molecular complexity index is 272. The van der Waals surface area contributed by atoms with Crippen LogP contribution >= 0.6 is 0 Å². The molecule has 1 saturated carbocycles. The SMILES string of the molecule is CCOC(CN)CN1C(=O)C2CC2C1=O. The van der Waals surface area contributed by atoms with Crippen molar-refractivity contribution in [1.82, 2.24) is 4.90 Å². The Morgan fingerprint density at radius 2 is 2.07 bits per heavy atom. The lowest BCUT2D eigenvalue weighted by molar-refractivity contribution is -0.143. The van der Waals surface area contributed by atoms with E-state index in [1.807, 2.05) is 6.92 Å². The highest BCUT2D eigenvalue weighted by atomic mass is 16.5. The van der Waals surface area contributed by atoms with E-state index in [4.69, 9.17) is 10.5 Å². The molecule has 2 rings (SSSR count). The van der Waals surface area contributed by atoms with Crippen LogP contribution in [0.5, 0.6) is 0 Å². The fourth-order valence-corrected chi connectivity index (χ4v) is 2.06. The smallest absolute Gasteiger partial charge is 0.233 e. The molecule has 84 valence electrons. The van der Waals surface area contributed by atoms with Crippen LogP contribution in [0.2, 0.25) is 0 Å². The number of piperidine rings is 1. The van der Waals surface area contributed by atoms with Crippen LogP contribution in [0.25, 0.3) is 0 Å². The molecule has 0 bridgehead atoms. The number of hydrogen-bond acceptors (Lipinski definition) is 4. The van der Waals surface area contributed by atoms with E-state index in [1.54, 1.807) is 0 Å². The number of rotatable bonds is 5. The number of carbonyl (C=O) groups excluding carboxylic acids is 2. The Hall–Kier alpha value is -0.940. The molecular weight excluding hydrogens is 196 g/mol. The van der Waals surface area contributed by atoms with Crippen LogP contribution in [-0.2, 0) is 14.3 Å². The molecule has 3 atom stereocenters. The van der Waals surface area contributed by atoms with E-state index in [0.717, 1.165) is 6.42 Å². The first-order valence-electron chi connectivity index (χ1n) is 5.36. The van der Waals surface area contributed by atoms with Crippen molar-refractivity contribution in [2.75, 3.05) is 19.7 Å². The second-order valence-corrected chi connectivity index (χ2v) is 4.05. The average Bonchev–Trinajstić information content (AvgIpc) is 2.97. The summed E-state index contributed by atoms with van der Waals surface area (Å²) in [6, 6.07) is 0. The monoisotopic (exact) mass is 212 g/mol. The Kier molecular flexibility index (Phi) is 2.75. The number of nitrogens with zero attached hydrogens (tertiary/aromatic N) is 1. The fourth-order valence-electron chi connectivity index (χ4n) is 2.06. The van der Waals surface area contributed by atoms with Gasteiger partial charge in [-0.25, -0.2) is 0 Å². The molecule has 2 fully saturated rings. The summed E-state index contributed by atoms with van der Waals surface area (Å²) in [5, 5.41) is 0. The fraction of sp³-hybridized carbons (Fsp3) is 0.800. The normalized spacial score (nSPS) is 30.7. The second kappa shape index (κ2) is 3.90. The minimum Gasteiger partial charge on any atom is -0.375 e. The van der Waals surface area contributed by atoms with Crippen molar-refractivity contribution in [3.63, 3.8) is 0 Å². The van der Waals surface area contributed by atoms with E-state index < -0.39 is 0 Å². The molecule has 2 aliphatic rings. The first kappa shape index (κ1) is 10.6. The van der Waals surface area contributed by atoms with Crippen LogP contribution in [0.15, 0.2) is 0 Å². The van der Waals surface area contributed by atoms with Crippen LogP contribution in [0.1, 0.15) is 13.3 Å². The zero-order valence-corrected chi connectivity index (χ0v) is 8.81. The van der Waals surface area contributed by atoms with Crippen LogP contribution < -0.4 is 5.73 Å². The maximum Gasteiger partial charge on any atom is 0.233 e. The van der Waals surface area contributed by atoms with Crippen LogP contribution in [0.4, 0.5) is 0 Å². The van der Waals surface area contributed by atoms with Crippen molar-refractivity contribution in [2.24, 2.45) is 17.6 Å². The van der Waals surface area contributed by atoms with Crippen molar-refractivity contribution in [2.45, 2.75) is 19.4 Å². The summed E-state index contributed by atoms with van der Waals surface area (Å²) in [5.41, 5.74) is 5.50. The lowest BCUT2D eigenvalue weighted by Crippen LogP contribution is -2.42. The van der Waals surface area contributed by atoms with Gasteiger partial charge in [-0.15, -0.1) is 0 Å². The maximum atomic E-state index is 11.6. The Balaban J connectivity index is 1.93. The number of carbonyl (C=O) groups is 2. The summed E-state index contributed by atoms with van der Waals surface area (Å²) in [6.45, 7) is 3.06. The zero-order valence-electron chi connectivity index (χ0n) is 8.81. The lowest BCUT2D eigenvalue weighted by Gasteiger charge is -2.22. The molecule has 2 amide bonds. The Morgan fingerprint density at radius 3 is 2.53 bits per heavy atom. The molecule has 1 aliphatic carbocycles. The van der Waals surface area contributed by atoms with Gasteiger partial charge < -0.3 is 10.5 Å². The highest BCUT2D eigenvalue weighted by Gasteiger charge is 2.58. The second-order valence-electron chi connectivity index (χ2n) is 4.05. The molecule has 2 N–H and O–H groups in total. The van der Waals surface area contributed by atoms with Crippen LogP contribution in [0.3, 0.4) is 0 Å². The third-order valence-electron chi connectivity index (χ3n) is 3.01. The largest absolute Gasteiger partial charge is 0.375 e. The number of ether oxygens (including phenoxy) is 1. The molecule has 3 unspecified atom stereocenters. The first-order chi connectivity index (χ1) is 7.19. The van der Waals surface area contributed by atoms with Gasteiger partial charge in [-0.05, 0) is 13.3 Å². The molecule has 0 aromatic rings. The highest BCUT2D eigenvalue weighted by Crippen LogP contribution is 2.46. The number of imide groups is 1. The maximum absolute atomic E-state index is 11.6. The number of amides is 2. The van der Waals surface area contributed by atoms with E-state index in [0.29, 0.717) is 19.7 Å². The Morgan fingerprint density at radius 1 is 1.47 bits per heavy atom. The van der Waals surface area contributed by atoms with Gasteiger partial charge in [0.15, 0.2) is 0 Å². The molecule has 15 heavy (non-hydrogen) atoms. The van der Waals surface area contributed by atoms with Crippen molar-refractivity contribution in [3.8, 4) is 0 Å². The van der Waals surface area contributed by atoms with E-state index in [1.165, 1.54) is 4.90 Å². The average molecular weight is 212 g/mol. The minimum atomic E-state index is -0.222. The zero-order chi connectivity index (χ0) is 11.0.